The predicted molar refractivity (Wildman–Crippen MR) is 92.7 cm³/mol. The summed E-state index contributed by atoms with van der Waals surface area (Å²) in [6.07, 6.45) is 0.345. The lowest BCUT2D eigenvalue weighted by molar-refractivity contribution is -0.115. The number of rotatable bonds is 4. The van der Waals surface area contributed by atoms with Crippen LogP contribution in [0.2, 0.25) is 0 Å². The molecule has 116 valence electrons. The summed E-state index contributed by atoms with van der Waals surface area (Å²) in [5.41, 5.74) is 5.91. The van der Waals surface area contributed by atoms with Crippen LogP contribution in [0.1, 0.15) is 11.1 Å². The monoisotopic (exact) mass is 325 g/mol. The fraction of sp³-hybridized carbons (Fsp3) is 0.118. The number of benzene rings is 2. The average molecular weight is 325 g/mol. The Bertz CT molecular complexity index is 742. The van der Waals surface area contributed by atoms with Gasteiger partial charge in [0.2, 0.25) is 5.91 Å². The van der Waals surface area contributed by atoms with E-state index in [4.69, 9.17) is 0 Å². The van der Waals surface area contributed by atoms with Crippen molar-refractivity contribution < 1.29 is 9.59 Å². The van der Waals surface area contributed by atoms with Gasteiger partial charge in [-0.3, -0.25) is 9.59 Å². The molecular formula is C17H15N3O2S. The minimum absolute atomic E-state index is 0.0539. The lowest BCUT2D eigenvalue weighted by atomic mass is 10.1. The van der Waals surface area contributed by atoms with Crippen molar-refractivity contribution in [1.82, 2.24) is 5.43 Å². The van der Waals surface area contributed by atoms with Gasteiger partial charge < -0.3 is 5.32 Å². The molecule has 0 fully saturated rings. The van der Waals surface area contributed by atoms with Crippen LogP contribution in [0.4, 0.5) is 10.5 Å². The number of amides is 2. The molecule has 0 aliphatic carbocycles. The van der Waals surface area contributed by atoms with E-state index < -0.39 is 0 Å². The first-order valence-corrected chi connectivity index (χ1v) is 8.13. The minimum atomic E-state index is -0.140. The smallest absolute Gasteiger partial charge is 0.299 e. The molecule has 0 unspecified atom stereocenters. The molecule has 0 radical (unpaired) electrons. The molecular weight excluding hydrogens is 310 g/mol. The van der Waals surface area contributed by atoms with Gasteiger partial charge in [-0.05, 0) is 23.3 Å². The SMILES string of the molecule is O=C(Cc1ccccc1)Nc1ccc(C2=NNC(=O)SC2)cc1. The van der Waals surface area contributed by atoms with E-state index in [-0.39, 0.29) is 11.1 Å². The van der Waals surface area contributed by atoms with Crippen molar-refractivity contribution in [3.63, 3.8) is 0 Å². The molecule has 0 spiro atoms. The molecule has 3 rings (SSSR count). The highest BCUT2D eigenvalue weighted by Gasteiger charge is 2.13. The highest BCUT2D eigenvalue weighted by atomic mass is 32.2. The Morgan fingerprint density at radius 2 is 1.87 bits per heavy atom. The topological polar surface area (TPSA) is 70.6 Å². The molecule has 1 heterocycles. The number of hydrogen-bond acceptors (Lipinski definition) is 4. The average Bonchev–Trinajstić information content (AvgIpc) is 2.57. The van der Waals surface area contributed by atoms with Crippen LogP contribution in [0.3, 0.4) is 0 Å². The Morgan fingerprint density at radius 1 is 1.13 bits per heavy atom. The Balaban J connectivity index is 1.61. The number of nitrogens with zero attached hydrogens (tertiary/aromatic N) is 1. The first-order chi connectivity index (χ1) is 11.2. The van der Waals surface area contributed by atoms with Gasteiger partial charge in [0.25, 0.3) is 5.24 Å². The Hall–Kier alpha value is -2.60. The summed E-state index contributed by atoms with van der Waals surface area (Å²) < 4.78 is 0. The van der Waals surface area contributed by atoms with Gasteiger partial charge in [0.05, 0.1) is 12.1 Å². The van der Waals surface area contributed by atoms with E-state index in [9.17, 15) is 9.59 Å². The van der Waals surface area contributed by atoms with Crippen molar-refractivity contribution >= 4 is 34.3 Å². The van der Waals surface area contributed by atoms with Crippen LogP contribution >= 0.6 is 11.8 Å². The Labute approximate surface area is 138 Å². The van der Waals surface area contributed by atoms with Crippen molar-refractivity contribution in [1.29, 1.82) is 0 Å². The lowest BCUT2D eigenvalue weighted by Gasteiger charge is -2.12. The van der Waals surface area contributed by atoms with Crippen LogP contribution in [0.15, 0.2) is 59.7 Å². The van der Waals surface area contributed by atoms with Crippen molar-refractivity contribution in [2.75, 3.05) is 11.1 Å². The molecule has 2 aromatic carbocycles. The van der Waals surface area contributed by atoms with E-state index in [0.717, 1.165) is 22.5 Å². The van der Waals surface area contributed by atoms with Crippen LogP contribution in [-0.2, 0) is 11.2 Å². The van der Waals surface area contributed by atoms with Crippen molar-refractivity contribution in [3.8, 4) is 0 Å². The predicted octanol–water partition coefficient (Wildman–Crippen LogP) is 3.03. The van der Waals surface area contributed by atoms with Gasteiger partial charge in [-0.25, -0.2) is 5.43 Å². The van der Waals surface area contributed by atoms with Crippen molar-refractivity contribution in [3.05, 3.63) is 65.7 Å². The van der Waals surface area contributed by atoms with Crippen LogP contribution in [-0.4, -0.2) is 22.6 Å². The molecule has 2 amide bonds. The lowest BCUT2D eigenvalue weighted by Crippen LogP contribution is -2.23. The number of carbonyl (C=O) groups is 2. The Morgan fingerprint density at radius 3 is 2.52 bits per heavy atom. The van der Waals surface area contributed by atoms with E-state index in [1.165, 1.54) is 11.8 Å². The maximum Gasteiger partial charge on any atom is 0.299 e. The summed E-state index contributed by atoms with van der Waals surface area (Å²) in [6, 6.07) is 17.0. The van der Waals surface area contributed by atoms with E-state index >= 15 is 0 Å². The molecule has 5 nitrogen and oxygen atoms in total. The van der Waals surface area contributed by atoms with Gasteiger partial charge in [0.15, 0.2) is 0 Å². The molecule has 0 aromatic heterocycles. The third kappa shape index (κ3) is 4.20. The van der Waals surface area contributed by atoms with E-state index in [1.54, 1.807) is 0 Å². The number of nitrogens with one attached hydrogen (secondary N) is 2. The molecule has 6 heteroatoms. The zero-order valence-electron chi connectivity index (χ0n) is 12.3. The molecule has 0 bridgehead atoms. The number of anilines is 1. The molecule has 1 aliphatic heterocycles. The summed E-state index contributed by atoms with van der Waals surface area (Å²) in [7, 11) is 0. The van der Waals surface area contributed by atoms with E-state index in [0.29, 0.717) is 12.2 Å². The van der Waals surface area contributed by atoms with Crippen molar-refractivity contribution in [2.24, 2.45) is 5.10 Å². The van der Waals surface area contributed by atoms with Crippen LogP contribution in [0.5, 0.6) is 0 Å². The van der Waals surface area contributed by atoms with Crippen LogP contribution in [0.25, 0.3) is 0 Å². The van der Waals surface area contributed by atoms with Gasteiger partial charge in [-0.15, -0.1) is 0 Å². The zero-order valence-corrected chi connectivity index (χ0v) is 13.1. The third-order valence-corrected chi connectivity index (χ3v) is 4.10. The van der Waals surface area contributed by atoms with Gasteiger partial charge >= 0.3 is 0 Å². The van der Waals surface area contributed by atoms with E-state index in [1.807, 2.05) is 54.6 Å². The first-order valence-electron chi connectivity index (χ1n) is 7.14. The first kappa shape index (κ1) is 15.3. The number of thioether (sulfide) groups is 1. The molecule has 23 heavy (non-hydrogen) atoms. The normalized spacial score (nSPS) is 13.9. The molecule has 0 saturated carbocycles. The molecule has 2 aromatic rings. The zero-order chi connectivity index (χ0) is 16.1. The van der Waals surface area contributed by atoms with Gasteiger partial charge in [-0.1, -0.05) is 54.2 Å². The largest absolute Gasteiger partial charge is 0.326 e. The fourth-order valence-corrected chi connectivity index (χ4v) is 2.80. The maximum absolute atomic E-state index is 12.0. The maximum atomic E-state index is 12.0. The summed E-state index contributed by atoms with van der Waals surface area (Å²) in [5, 5.41) is 6.77. The van der Waals surface area contributed by atoms with Gasteiger partial charge in [0, 0.05) is 11.4 Å². The van der Waals surface area contributed by atoms with Crippen LogP contribution < -0.4 is 10.7 Å². The number of hydrogen-bond donors (Lipinski definition) is 2. The second kappa shape index (κ2) is 7.11. The van der Waals surface area contributed by atoms with Crippen LogP contribution in [0, 0.1) is 0 Å². The number of hydrazone groups is 1. The minimum Gasteiger partial charge on any atom is -0.326 e. The van der Waals surface area contributed by atoms with Gasteiger partial charge in [-0.2, -0.15) is 5.10 Å². The summed E-state index contributed by atoms with van der Waals surface area (Å²) in [5.74, 6) is 0.493. The molecule has 0 atom stereocenters. The molecule has 1 aliphatic rings. The number of carbonyl (C=O) groups excluding carboxylic acids is 2. The fourth-order valence-electron chi connectivity index (χ4n) is 2.19. The Kier molecular flexibility index (Phi) is 4.73. The summed E-state index contributed by atoms with van der Waals surface area (Å²) in [4.78, 5) is 23.1. The second-order valence-electron chi connectivity index (χ2n) is 5.03. The molecule has 0 saturated heterocycles. The van der Waals surface area contributed by atoms with Gasteiger partial charge in [0.1, 0.15) is 0 Å². The second-order valence-corrected chi connectivity index (χ2v) is 5.98. The summed E-state index contributed by atoms with van der Waals surface area (Å²) in [6.45, 7) is 0. The quantitative estimate of drug-likeness (QED) is 0.908. The van der Waals surface area contributed by atoms with E-state index in [2.05, 4.69) is 15.8 Å². The highest BCUT2D eigenvalue weighted by molar-refractivity contribution is 8.14. The third-order valence-electron chi connectivity index (χ3n) is 3.33. The summed E-state index contributed by atoms with van der Waals surface area (Å²) >= 11 is 1.19. The highest BCUT2D eigenvalue weighted by Crippen LogP contribution is 2.16. The molecule has 2 N–H and O–H groups in total. The van der Waals surface area contributed by atoms with Crippen molar-refractivity contribution in [2.45, 2.75) is 6.42 Å². The standard InChI is InChI=1S/C17H15N3O2S/c21-16(10-12-4-2-1-3-5-12)18-14-8-6-13(7-9-14)15-11-23-17(22)20-19-15/h1-9H,10-11H2,(H,18,21)(H,20,22).